The number of rotatable bonds is 7. The Labute approximate surface area is 159 Å². The van der Waals surface area contributed by atoms with Crippen molar-refractivity contribution in [3.8, 4) is 0 Å². The molecule has 2 atom stereocenters. The average Bonchev–Trinajstić information content (AvgIpc) is 2.65. The molecule has 0 saturated heterocycles. The van der Waals surface area contributed by atoms with Crippen molar-refractivity contribution in [2.45, 2.75) is 31.2 Å². The van der Waals surface area contributed by atoms with Crippen molar-refractivity contribution in [1.82, 2.24) is 5.32 Å². The Morgan fingerprint density at radius 2 is 1.74 bits per heavy atom. The fraction of sp³-hybridized carbons (Fsp3) is 0.263. The number of anilines is 1. The van der Waals surface area contributed by atoms with Crippen LogP contribution in [0.3, 0.4) is 0 Å². The Bertz CT molecular complexity index is 914. The van der Waals surface area contributed by atoms with E-state index in [1.54, 1.807) is 36.4 Å². The SMILES string of the molecule is CC[C@H](C)[C@H](NC(=O)c1ccccc1)C(=O)Nc1cccc(S(N)(=O)=O)c1. The molecule has 0 aliphatic heterocycles. The van der Waals surface area contributed by atoms with Crippen LogP contribution < -0.4 is 15.8 Å². The summed E-state index contributed by atoms with van der Waals surface area (Å²) >= 11 is 0. The van der Waals surface area contributed by atoms with Gasteiger partial charge in [0, 0.05) is 11.3 Å². The van der Waals surface area contributed by atoms with Crippen molar-refractivity contribution in [2.75, 3.05) is 5.32 Å². The number of carbonyl (C=O) groups excluding carboxylic acids is 2. The second-order valence-electron chi connectivity index (χ2n) is 6.26. The average molecular weight is 389 g/mol. The molecular weight excluding hydrogens is 366 g/mol. The van der Waals surface area contributed by atoms with Crippen LogP contribution in [0.1, 0.15) is 30.6 Å². The van der Waals surface area contributed by atoms with Gasteiger partial charge in [0.15, 0.2) is 0 Å². The summed E-state index contributed by atoms with van der Waals surface area (Å²) in [7, 11) is -3.88. The minimum Gasteiger partial charge on any atom is -0.340 e. The van der Waals surface area contributed by atoms with Gasteiger partial charge in [0.25, 0.3) is 5.91 Å². The zero-order chi connectivity index (χ0) is 20.0. The Balaban J connectivity index is 2.19. The van der Waals surface area contributed by atoms with Gasteiger partial charge >= 0.3 is 0 Å². The van der Waals surface area contributed by atoms with Crippen molar-refractivity contribution in [3.05, 3.63) is 60.2 Å². The molecule has 27 heavy (non-hydrogen) atoms. The molecule has 0 aliphatic rings. The van der Waals surface area contributed by atoms with Gasteiger partial charge in [0.05, 0.1) is 4.90 Å². The number of hydrogen-bond donors (Lipinski definition) is 3. The van der Waals surface area contributed by atoms with Crippen LogP contribution >= 0.6 is 0 Å². The van der Waals surface area contributed by atoms with Crippen molar-refractivity contribution in [1.29, 1.82) is 0 Å². The largest absolute Gasteiger partial charge is 0.340 e. The number of primary sulfonamides is 1. The van der Waals surface area contributed by atoms with Gasteiger partial charge in [0.1, 0.15) is 6.04 Å². The summed E-state index contributed by atoms with van der Waals surface area (Å²) < 4.78 is 22.9. The highest BCUT2D eigenvalue weighted by Crippen LogP contribution is 2.16. The number of nitrogens with one attached hydrogen (secondary N) is 2. The Hall–Kier alpha value is -2.71. The first-order valence-corrected chi connectivity index (χ1v) is 10.1. The molecule has 0 aliphatic carbocycles. The van der Waals surface area contributed by atoms with Gasteiger partial charge in [-0.15, -0.1) is 0 Å². The van der Waals surface area contributed by atoms with E-state index in [4.69, 9.17) is 5.14 Å². The van der Waals surface area contributed by atoms with Gasteiger partial charge in [-0.05, 0) is 36.2 Å². The molecule has 7 nitrogen and oxygen atoms in total. The molecule has 0 unspecified atom stereocenters. The van der Waals surface area contributed by atoms with Crippen LogP contribution in [0, 0.1) is 5.92 Å². The van der Waals surface area contributed by atoms with E-state index >= 15 is 0 Å². The molecule has 8 heteroatoms. The standard InChI is InChI=1S/C19H23N3O4S/c1-3-13(2)17(22-18(23)14-8-5-4-6-9-14)19(24)21-15-10-7-11-16(12-15)27(20,25)26/h4-13,17H,3H2,1-2H3,(H,21,24)(H,22,23)(H2,20,25,26)/t13-,17-/m0/s1. The highest BCUT2D eigenvalue weighted by atomic mass is 32.2. The van der Waals surface area contributed by atoms with Crippen LogP contribution in [0.4, 0.5) is 5.69 Å². The van der Waals surface area contributed by atoms with E-state index in [9.17, 15) is 18.0 Å². The number of amides is 2. The normalized spacial score (nSPS) is 13.4. The monoisotopic (exact) mass is 389 g/mol. The Morgan fingerprint density at radius 1 is 1.07 bits per heavy atom. The van der Waals surface area contributed by atoms with E-state index in [-0.39, 0.29) is 22.4 Å². The molecule has 0 saturated carbocycles. The minimum atomic E-state index is -3.88. The quantitative estimate of drug-likeness (QED) is 0.672. The predicted molar refractivity (Wildman–Crippen MR) is 104 cm³/mol. The van der Waals surface area contributed by atoms with Crippen LogP contribution in [0.2, 0.25) is 0 Å². The summed E-state index contributed by atoms with van der Waals surface area (Å²) in [5, 5.41) is 10.5. The maximum Gasteiger partial charge on any atom is 0.251 e. The lowest BCUT2D eigenvalue weighted by Crippen LogP contribution is -2.47. The maximum absolute atomic E-state index is 12.7. The summed E-state index contributed by atoms with van der Waals surface area (Å²) in [6.45, 7) is 3.78. The van der Waals surface area contributed by atoms with E-state index < -0.39 is 22.0 Å². The molecule has 2 aromatic rings. The lowest BCUT2D eigenvalue weighted by Gasteiger charge is -2.23. The second-order valence-corrected chi connectivity index (χ2v) is 7.83. The number of carbonyl (C=O) groups is 2. The summed E-state index contributed by atoms with van der Waals surface area (Å²) in [6.07, 6.45) is 0.671. The van der Waals surface area contributed by atoms with Gasteiger partial charge in [-0.2, -0.15) is 0 Å². The number of sulfonamides is 1. The lowest BCUT2D eigenvalue weighted by molar-refractivity contribution is -0.119. The third-order valence-electron chi connectivity index (χ3n) is 4.25. The van der Waals surface area contributed by atoms with Crippen LogP contribution in [0.5, 0.6) is 0 Å². The first-order valence-electron chi connectivity index (χ1n) is 8.52. The molecule has 4 N–H and O–H groups in total. The zero-order valence-electron chi connectivity index (χ0n) is 15.2. The van der Waals surface area contributed by atoms with Crippen LogP contribution in [0.15, 0.2) is 59.5 Å². The summed E-state index contributed by atoms with van der Waals surface area (Å²) in [6, 6.07) is 13.5. The molecule has 0 heterocycles. The summed E-state index contributed by atoms with van der Waals surface area (Å²) in [4.78, 5) is 25.1. The zero-order valence-corrected chi connectivity index (χ0v) is 16.0. The lowest BCUT2D eigenvalue weighted by atomic mass is 9.97. The smallest absolute Gasteiger partial charge is 0.251 e. The first kappa shape index (κ1) is 20.6. The third kappa shape index (κ3) is 5.63. The molecule has 2 aromatic carbocycles. The van der Waals surface area contributed by atoms with Crippen molar-refractivity contribution < 1.29 is 18.0 Å². The Kier molecular flexibility index (Phi) is 6.70. The topological polar surface area (TPSA) is 118 Å². The third-order valence-corrected chi connectivity index (χ3v) is 5.16. The molecular formula is C19H23N3O4S. The van der Waals surface area contributed by atoms with Crippen molar-refractivity contribution in [3.63, 3.8) is 0 Å². The summed E-state index contributed by atoms with van der Waals surface area (Å²) in [5.41, 5.74) is 0.739. The molecule has 2 amide bonds. The highest BCUT2D eigenvalue weighted by molar-refractivity contribution is 7.89. The highest BCUT2D eigenvalue weighted by Gasteiger charge is 2.26. The van der Waals surface area contributed by atoms with Crippen molar-refractivity contribution >= 4 is 27.5 Å². The van der Waals surface area contributed by atoms with Gasteiger partial charge in [0.2, 0.25) is 15.9 Å². The molecule has 0 radical (unpaired) electrons. The van der Waals surface area contributed by atoms with Crippen LogP contribution in [0.25, 0.3) is 0 Å². The predicted octanol–water partition coefficient (Wildman–Crippen LogP) is 2.12. The fourth-order valence-corrected chi connectivity index (χ4v) is 3.05. The van der Waals surface area contributed by atoms with E-state index in [1.165, 1.54) is 18.2 Å². The fourth-order valence-electron chi connectivity index (χ4n) is 2.49. The molecule has 144 valence electrons. The van der Waals surface area contributed by atoms with Crippen LogP contribution in [-0.2, 0) is 14.8 Å². The Morgan fingerprint density at radius 3 is 2.33 bits per heavy atom. The molecule has 0 spiro atoms. The maximum atomic E-state index is 12.7. The van der Waals surface area contributed by atoms with E-state index in [1.807, 2.05) is 13.8 Å². The van der Waals surface area contributed by atoms with Gasteiger partial charge in [-0.3, -0.25) is 9.59 Å². The summed E-state index contributed by atoms with van der Waals surface area (Å²) in [5.74, 6) is -0.909. The minimum absolute atomic E-state index is 0.103. The number of nitrogens with two attached hydrogens (primary N) is 1. The molecule has 2 rings (SSSR count). The van der Waals surface area contributed by atoms with E-state index in [0.29, 0.717) is 12.0 Å². The molecule has 0 aromatic heterocycles. The molecule has 0 fully saturated rings. The molecule has 0 bridgehead atoms. The van der Waals surface area contributed by atoms with E-state index in [0.717, 1.165) is 0 Å². The second kappa shape index (κ2) is 8.79. The van der Waals surface area contributed by atoms with Gasteiger partial charge in [-0.25, -0.2) is 13.6 Å². The first-order chi connectivity index (χ1) is 12.7. The number of benzene rings is 2. The van der Waals surface area contributed by atoms with Crippen molar-refractivity contribution in [2.24, 2.45) is 11.1 Å². The van der Waals surface area contributed by atoms with E-state index in [2.05, 4.69) is 10.6 Å². The van der Waals surface area contributed by atoms with Gasteiger partial charge < -0.3 is 10.6 Å². The van der Waals surface area contributed by atoms with Crippen LogP contribution in [-0.4, -0.2) is 26.3 Å². The van der Waals surface area contributed by atoms with Gasteiger partial charge in [-0.1, -0.05) is 44.5 Å². The number of hydrogen-bond acceptors (Lipinski definition) is 4.